The number of methoxy groups -OCH3 is 1. The van der Waals surface area contributed by atoms with Crippen molar-refractivity contribution in [2.45, 2.75) is 26.7 Å². The van der Waals surface area contributed by atoms with Gasteiger partial charge < -0.3 is 4.74 Å². The molecular weight excluding hydrogens is 214 g/mol. The Kier molecular flexibility index (Phi) is 5.40. The van der Waals surface area contributed by atoms with Gasteiger partial charge in [0.15, 0.2) is 0 Å². The van der Waals surface area contributed by atoms with Crippen LogP contribution >= 0.6 is 0 Å². The first-order valence-electron chi connectivity index (χ1n) is 5.90. The Hall–Kier alpha value is -1.64. The molecule has 0 spiro atoms. The van der Waals surface area contributed by atoms with E-state index in [9.17, 15) is 4.79 Å². The summed E-state index contributed by atoms with van der Waals surface area (Å²) in [5.41, 5.74) is 1.18. The van der Waals surface area contributed by atoms with Gasteiger partial charge in [-0.2, -0.15) is 0 Å². The number of hydrogen-bond donors (Lipinski definition) is 0. The van der Waals surface area contributed by atoms with E-state index in [1.54, 1.807) is 12.1 Å². The van der Waals surface area contributed by atoms with Crippen molar-refractivity contribution in [3.05, 3.63) is 29.8 Å². The molecule has 17 heavy (non-hydrogen) atoms. The van der Waals surface area contributed by atoms with E-state index in [1.807, 2.05) is 18.3 Å². The molecule has 0 aliphatic carbocycles. The van der Waals surface area contributed by atoms with E-state index < -0.39 is 0 Å². The van der Waals surface area contributed by atoms with Crippen LogP contribution in [0.2, 0.25) is 0 Å². The topological polar surface area (TPSA) is 38.7 Å². The van der Waals surface area contributed by atoms with E-state index in [0.29, 0.717) is 17.2 Å². The van der Waals surface area contributed by atoms with Crippen molar-refractivity contribution >= 4 is 17.9 Å². The first-order valence-corrected chi connectivity index (χ1v) is 5.90. The van der Waals surface area contributed by atoms with Crippen LogP contribution in [0.5, 0.6) is 0 Å². The SMILES string of the molecule is CCCC(C)C=Nc1ccccc1C(=O)OC. The number of carbonyl (C=O) groups is 1. The van der Waals surface area contributed by atoms with Crippen LogP contribution in [-0.2, 0) is 4.74 Å². The van der Waals surface area contributed by atoms with Gasteiger partial charge in [0.05, 0.1) is 18.4 Å². The van der Waals surface area contributed by atoms with Gasteiger partial charge in [-0.25, -0.2) is 4.79 Å². The quantitative estimate of drug-likeness (QED) is 0.575. The first-order chi connectivity index (χ1) is 8.19. The standard InChI is InChI=1S/C14H19NO2/c1-4-7-11(2)10-15-13-9-6-5-8-12(13)14(16)17-3/h5-6,8-11H,4,7H2,1-3H3. The second kappa shape index (κ2) is 6.84. The van der Waals surface area contributed by atoms with Crippen molar-refractivity contribution < 1.29 is 9.53 Å². The maximum Gasteiger partial charge on any atom is 0.340 e. The summed E-state index contributed by atoms with van der Waals surface area (Å²) in [6, 6.07) is 7.22. The number of rotatable bonds is 5. The summed E-state index contributed by atoms with van der Waals surface area (Å²) in [6.45, 7) is 4.26. The molecule has 0 saturated heterocycles. The van der Waals surface area contributed by atoms with E-state index in [-0.39, 0.29) is 5.97 Å². The summed E-state index contributed by atoms with van der Waals surface area (Å²) in [7, 11) is 1.38. The molecule has 1 rings (SSSR count). The number of ether oxygens (including phenoxy) is 1. The number of nitrogens with zero attached hydrogens (tertiary/aromatic N) is 1. The number of aliphatic imine (C=N–C) groups is 1. The monoisotopic (exact) mass is 233 g/mol. The molecule has 3 heteroatoms. The molecule has 0 aliphatic heterocycles. The third-order valence-corrected chi connectivity index (χ3v) is 2.52. The molecule has 0 amide bonds. The van der Waals surface area contributed by atoms with Crippen LogP contribution in [0.3, 0.4) is 0 Å². The largest absolute Gasteiger partial charge is 0.465 e. The van der Waals surface area contributed by atoms with Crippen molar-refractivity contribution in [1.82, 2.24) is 0 Å². The second-order valence-electron chi connectivity index (χ2n) is 4.05. The molecule has 0 aromatic heterocycles. The van der Waals surface area contributed by atoms with Gasteiger partial charge in [-0.1, -0.05) is 32.4 Å². The van der Waals surface area contributed by atoms with E-state index in [2.05, 4.69) is 18.8 Å². The summed E-state index contributed by atoms with van der Waals surface area (Å²) >= 11 is 0. The van der Waals surface area contributed by atoms with Gasteiger partial charge in [0.1, 0.15) is 0 Å². The molecule has 1 aromatic rings. The average Bonchev–Trinajstić information content (AvgIpc) is 2.36. The van der Waals surface area contributed by atoms with Crippen molar-refractivity contribution in [3.8, 4) is 0 Å². The van der Waals surface area contributed by atoms with E-state index in [1.165, 1.54) is 7.11 Å². The van der Waals surface area contributed by atoms with Gasteiger partial charge in [0.25, 0.3) is 0 Å². The van der Waals surface area contributed by atoms with E-state index >= 15 is 0 Å². The molecule has 92 valence electrons. The van der Waals surface area contributed by atoms with Crippen LogP contribution in [0, 0.1) is 5.92 Å². The minimum atomic E-state index is -0.346. The highest BCUT2D eigenvalue weighted by molar-refractivity contribution is 5.95. The van der Waals surface area contributed by atoms with Gasteiger partial charge >= 0.3 is 5.97 Å². The van der Waals surface area contributed by atoms with Gasteiger partial charge in [-0.15, -0.1) is 0 Å². The lowest BCUT2D eigenvalue weighted by atomic mass is 10.1. The zero-order valence-electron chi connectivity index (χ0n) is 10.6. The van der Waals surface area contributed by atoms with Gasteiger partial charge in [-0.3, -0.25) is 4.99 Å². The molecule has 0 bridgehead atoms. The highest BCUT2D eigenvalue weighted by atomic mass is 16.5. The summed E-state index contributed by atoms with van der Waals surface area (Å²) < 4.78 is 4.72. The highest BCUT2D eigenvalue weighted by Crippen LogP contribution is 2.19. The smallest absolute Gasteiger partial charge is 0.340 e. The van der Waals surface area contributed by atoms with E-state index in [4.69, 9.17) is 4.74 Å². The lowest BCUT2D eigenvalue weighted by molar-refractivity contribution is 0.0601. The summed E-state index contributed by atoms with van der Waals surface area (Å²) in [6.07, 6.45) is 4.13. The fourth-order valence-corrected chi connectivity index (χ4v) is 1.61. The predicted octanol–water partition coefficient (Wildman–Crippen LogP) is 3.61. The summed E-state index contributed by atoms with van der Waals surface area (Å²) in [5, 5.41) is 0. The maximum absolute atomic E-state index is 11.5. The number of carbonyl (C=O) groups excluding carboxylic acids is 1. The zero-order valence-corrected chi connectivity index (χ0v) is 10.6. The second-order valence-corrected chi connectivity index (χ2v) is 4.05. The Balaban J connectivity index is 2.87. The van der Waals surface area contributed by atoms with Crippen molar-refractivity contribution in [3.63, 3.8) is 0 Å². The molecule has 0 fully saturated rings. The molecule has 1 unspecified atom stereocenters. The Morgan fingerprint density at radius 3 is 2.82 bits per heavy atom. The summed E-state index contributed by atoms with van der Waals surface area (Å²) in [4.78, 5) is 15.9. The number of para-hydroxylation sites is 1. The first kappa shape index (κ1) is 13.4. The molecule has 0 aliphatic rings. The molecule has 0 N–H and O–H groups in total. The number of hydrogen-bond acceptors (Lipinski definition) is 3. The lowest BCUT2D eigenvalue weighted by Gasteiger charge is -2.05. The minimum absolute atomic E-state index is 0.346. The number of esters is 1. The normalized spacial score (nSPS) is 12.6. The molecule has 3 nitrogen and oxygen atoms in total. The molecule has 0 heterocycles. The van der Waals surface area contributed by atoms with Crippen LogP contribution in [0.25, 0.3) is 0 Å². The average molecular weight is 233 g/mol. The predicted molar refractivity (Wildman–Crippen MR) is 70.0 cm³/mol. The van der Waals surface area contributed by atoms with Crippen LogP contribution < -0.4 is 0 Å². The third kappa shape index (κ3) is 4.02. The fourth-order valence-electron chi connectivity index (χ4n) is 1.61. The Labute approximate surface area is 103 Å². The molecule has 0 saturated carbocycles. The summed E-state index contributed by atoms with van der Waals surface area (Å²) in [5.74, 6) is 0.0756. The van der Waals surface area contributed by atoms with Crippen LogP contribution in [0.15, 0.2) is 29.3 Å². The van der Waals surface area contributed by atoms with Crippen LogP contribution in [-0.4, -0.2) is 19.3 Å². The van der Waals surface area contributed by atoms with Gasteiger partial charge in [0, 0.05) is 6.21 Å². The zero-order chi connectivity index (χ0) is 12.7. The van der Waals surface area contributed by atoms with Gasteiger partial charge in [0.2, 0.25) is 0 Å². The number of benzene rings is 1. The fraction of sp³-hybridized carbons (Fsp3) is 0.429. The van der Waals surface area contributed by atoms with E-state index in [0.717, 1.165) is 12.8 Å². The van der Waals surface area contributed by atoms with Crippen LogP contribution in [0.4, 0.5) is 5.69 Å². The van der Waals surface area contributed by atoms with Crippen LogP contribution in [0.1, 0.15) is 37.0 Å². The minimum Gasteiger partial charge on any atom is -0.465 e. The van der Waals surface area contributed by atoms with Crippen molar-refractivity contribution in [2.75, 3.05) is 7.11 Å². The molecule has 0 radical (unpaired) electrons. The van der Waals surface area contributed by atoms with Crippen molar-refractivity contribution in [2.24, 2.45) is 10.9 Å². The van der Waals surface area contributed by atoms with Crippen molar-refractivity contribution in [1.29, 1.82) is 0 Å². The molecular formula is C14H19NO2. The lowest BCUT2D eigenvalue weighted by Crippen LogP contribution is -2.01. The highest BCUT2D eigenvalue weighted by Gasteiger charge is 2.09. The Bertz CT molecular complexity index is 399. The Morgan fingerprint density at radius 2 is 2.18 bits per heavy atom. The molecule has 1 aromatic carbocycles. The third-order valence-electron chi connectivity index (χ3n) is 2.52. The maximum atomic E-state index is 11.5. The Morgan fingerprint density at radius 1 is 1.47 bits per heavy atom. The van der Waals surface area contributed by atoms with Gasteiger partial charge in [-0.05, 0) is 24.5 Å². The molecule has 1 atom stereocenters.